The number of nitrogens with two attached hydrogens (primary N) is 1. The van der Waals surface area contributed by atoms with E-state index in [-0.39, 0.29) is 6.04 Å². The van der Waals surface area contributed by atoms with Gasteiger partial charge in [-0.1, -0.05) is 19.1 Å². The van der Waals surface area contributed by atoms with Crippen molar-refractivity contribution in [2.75, 3.05) is 39.8 Å². The molecule has 2 unspecified atom stereocenters. The first-order valence-corrected chi connectivity index (χ1v) is 7.50. The number of rotatable bonds is 5. The topological polar surface area (TPSA) is 41.7 Å². The molecule has 0 saturated carbocycles. The molecular weight excluding hydrogens is 250 g/mol. The van der Waals surface area contributed by atoms with Gasteiger partial charge in [0.2, 0.25) is 0 Å². The van der Waals surface area contributed by atoms with Crippen molar-refractivity contribution in [2.24, 2.45) is 5.73 Å². The minimum atomic E-state index is 0.0706. The summed E-state index contributed by atoms with van der Waals surface area (Å²) in [5.41, 5.74) is 7.51. The van der Waals surface area contributed by atoms with E-state index in [1.165, 1.54) is 5.56 Å². The fourth-order valence-corrected chi connectivity index (χ4v) is 2.94. The molecule has 4 nitrogen and oxygen atoms in total. The molecule has 1 fully saturated rings. The summed E-state index contributed by atoms with van der Waals surface area (Å²) in [6, 6.07) is 8.78. The second-order valence-corrected chi connectivity index (χ2v) is 5.62. The monoisotopic (exact) mass is 277 g/mol. The van der Waals surface area contributed by atoms with E-state index in [2.05, 4.69) is 35.8 Å². The zero-order valence-corrected chi connectivity index (χ0v) is 12.9. The molecule has 2 N–H and O–H groups in total. The molecule has 1 aromatic rings. The van der Waals surface area contributed by atoms with Crippen molar-refractivity contribution in [3.8, 4) is 5.75 Å². The standard InChI is InChI=1S/C16H27N3O/c1-4-19-10-9-18(11-13(19)2)12-16(17)14-5-7-15(20-3)8-6-14/h5-8,13,16H,4,9-12,17H2,1-3H3. The number of benzene rings is 1. The summed E-state index contributed by atoms with van der Waals surface area (Å²) in [4.78, 5) is 5.00. The van der Waals surface area contributed by atoms with Crippen LogP contribution in [-0.4, -0.2) is 55.7 Å². The highest BCUT2D eigenvalue weighted by Crippen LogP contribution is 2.18. The Balaban J connectivity index is 1.89. The van der Waals surface area contributed by atoms with Gasteiger partial charge in [-0.05, 0) is 31.2 Å². The zero-order valence-electron chi connectivity index (χ0n) is 12.9. The maximum absolute atomic E-state index is 6.33. The molecule has 20 heavy (non-hydrogen) atoms. The molecule has 0 aliphatic carbocycles. The molecule has 0 aromatic heterocycles. The predicted octanol–water partition coefficient (Wildman–Crippen LogP) is 1.72. The molecule has 0 bridgehead atoms. The lowest BCUT2D eigenvalue weighted by atomic mass is 10.1. The van der Waals surface area contributed by atoms with Gasteiger partial charge in [0.25, 0.3) is 0 Å². The lowest BCUT2D eigenvalue weighted by Crippen LogP contribution is -2.52. The van der Waals surface area contributed by atoms with E-state index in [4.69, 9.17) is 10.5 Å². The third-order valence-electron chi connectivity index (χ3n) is 4.25. The number of piperazine rings is 1. The van der Waals surface area contributed by atoms with Gasteiger partial charge in [0.1, 0.15) is 5.75 Å². The van der Waals surface area contributed by atoms with Gasteiger partial charge >= 0.3 is 0 Å². The van der Waals surface area contributed by atoms with Crippen LogP contribution in [0.4, 0.5) is 0 Å². The second kappa shape index (κ2) is 7.07. The first-order valence-electron chi connectivity index (χ1n) is 7.50. The Kier molecular flexibility index (Phi) is 5.40. The molecule has 0 radical (unpaired) electrons. The van der Waals surface area contributed by atoms with Crippen LogP contribution in [0.15, 0.2) is 24.3 Å². The van der Waals surface area contributed by atoms with Gasteiger partial charge in [0, 0.05) is 38.3 Å². The third-order valence-corrected chi connectivity index (χ3v) is 4.25. The average molecular weight is 277 g/mol. The Morgan fingerprint density at radius 2 is 2.00 bits per heavy atom. The van der Waals surface area contributed by atoms with Gasteiger partial charge in [-0.3, -0.25) is 9.80 Å². The van der Waals surface area contributed by atoms with Crippen molar-refractivity contribution in [2.45, 2.75) is 25.9 Å². The van der Waals surface area contributed by atoms with Crippen LogP contribution in [0.25, 0.3) is 0 Å². The van der Waals surface area contributed by atoms with Crippen molar-refractivity contribution in [3.63, 3.8) is 0 Å². The van der Waals surface area contributed by atoms with Gasteiger partial charge in [-0.25, -0.2) is 0 Å². The fraction of sp³-hybridized carbons (Fsp3) is 0.625. The van der Waals surface area contributed by atoms with Crippen molar-refractivity contribution in [1.29, 1.82) is 0 Å². The summed E-state index contributed by atoms with van der Waals surface area (Å²) in [7, 11) is 1.68. The van der Waals surface area contributed by atoms with Crippen LogP contribution in [0.2, 0.25) is 0 Å². The summed E-state index contributed by atoms with van der Waals surface area (Å²) >= 11 is 0. The molecule has 1 aliphatic heterocycles. The van der Waals surface area contributed by atoms with Crippen LogP contribution in [0.3, 0.4) is 0 Å². The summed E-state index contributed by atoms with van der Waals surface area (Å²) in [6.45, 7) is 9.96. The van der Waals surface area contributed by atoms with Gasteiger partial charge in [0.15, 0.2) is 0 Å². The average Bonchev–Trinajstić information content (AvgIpc) is 2.47. The smallest absolute Gasteiger partial charge is 0.118 e. The highest BCUT2D eigenvalue weighted by Gasteiger charge is 2.23. The van der Waals surface area contributed by atoms with Gasteiger partial charge in [0.05, 0.1) is 7.11 Å². The normalized spacial score (nSPS) is 22.7. The Labute approximate surface area is 122 Å². The largest absolute Gasteiger partial charge is 0.497 e. The summed E-state index contributed by atoms with van der Waals surface area (Å²) in [5.74, 6) is 0.881. The predicted molar refractivity (Wildman–Crippen MR) is 83.1 cm³/mol. The van der Waals surface area contributed by atoms with E-state index in [9.17, 15) is 0 Å². The van der Waals surface area contributed by atoms with Crippen LogP contribution in [0.1, 0.15) is 25.5 Å². The minimum Gasteiger partial charge on any atom is -0.497 e. The van der Waals surface area contributed by atoms with E-state index >= 15 is 0 Å². The van der Waals surface area contributed by atoms with Crippen LogP contribution < -0.4 is 10.5 Å². The highest BCUT2D eigenvalue weighted by molar-refractivity contribution is 5.29. The molecule has 1 aliphatic rings. The van der Waals surface area contributed by atoms with E-state index < -0.39 is 0 Å². The first kappa shape index (κ1) is 15.3. The van der Waals surface area contributed by atoms with E-state index in [0.717, 1.165) is 38.5 Å². The Morgan fingerprint density at radius 1 is 1.30 bits per heavy atom. The maximum atomic E-state index is 6.33. The quantitative estimate of drug-likeness (QED) is 0.890. The molecule has 4 heteroatoms. The first-order chi connectivity index (χ1) is 9.63. The minimum absolute atomic E-state index is 0.0706. The number of nitrogens with zero attached hydrogens (tertiary/aromatic N) is 2. The Morgan fingerprint density at radius 3 is 2.55 bits per heavy atom. The second-order valence-electron chi connectivity index (χ2n) is 5.62. The molecule has 0 spiro atoms. The number of hydrogen-bond acceptors (Lipinski definition) is 4. The number of ether oxygens (including phenoxy) is 1. The van der Waals surface area contributed by atoms with Crippen molar-refractivity contribution >= 4 is 0 Å². The number of likely N-dealkylation sites (N-methyl/N-ethyl adjacent to an activating group) is 1. The van der Waals surface area contributed by atoms with Crippen LogP contribution in [-0.2, 0) is 0 Å². The molecule has 1 aromatic carbocycles. The molecule has 1 heterocycles. The molecular formula is C16H27N3O. The summed E-state index contributed by atoms with van der Waals surface area (Å²) in [5, 5.41) is 0. The van der Waals surface area contributed by atoms with Gasteiger partial charge in [-0.2, -0.15) is 0 Å². The van der Waals surface area contributed by atoms with E-state index in [1.54, 1.807) is 7.11 Å². The highest BCUT2D eigenvalue weighted by atomic mass is 16.5. The maximum Gasteiger partial charge on any atom is 0.118 e. The lowest BCUT2D eigenvalue weighted by molar-refractivity contribution is 0.0841. The number of methoxy groups -OCH3 is 1. The van der Waals surface area contributed by atoms with Crippen LogP contribution >= 0.6 is 0 Å². The van der Waals surface area contributed by atoms with Crippen molar-refractivity contribution in [3.05, 3.63) is 29.8 Å². The van der Waals surface area contributed by atoms with Crippen LogP contribution in [0.5, 0.6) is 5.75 Å². The Hall–Kier alpha value is -1.10. The molecule has 0 amide bonds. The molecule has 2 atom stereocenters. The summed E-state index contributed by atoms with van der Waals surface area (Å²) in [6.07, 6.45) is 0. The van der Waals surface area contributed by atoms with Gasteiger partial charge in [-0.15, -0.1) is 0 Å². The van der Waals surface area contributed by atoms with E-state index in [0.29, 0.717) is 6.04 Å². The van der Waals surface area contributed by atoms with Crippen molar-refractivity contribution < 1.29 is 4.74 Å². The number of hydrogen-bond donors (Lipinski definition) is 1. The fourth-order valence-electron chi connectivity index (χ4n) is 2.94. The Bertz CT molecular complexity index is 407. The van der Waals surface area contributed by atoms with Crippen LogP contribution in [0, 0.1) is 0 Å². The third kappa shape index (κ3) is 3.72. The summed E-state index contributed by atoms with van der Waals surface area (Å²) < 4.78 is 5.18. The molecule has 1 saturated heterocycles. The lowest BCUT2D eigenvalue weighted by Gasteiger charge is -2.40. The van der Waals surface area contributed by atoms with E-state index in [1.807, 2.05) is 12.1 Å². The van der Waals surface area contributed by atoms with Crippen molar-refractivity contribution in [1.82, 2.24) is 9.80 Å². The molecule has 2 rings (SSSR count). The molecule has 112 valence electrons. The SMILES string of the molecule is CCN1CCN(CC(N)c2ccc(OC)cc2)CC1C. The van der Waals surface area contributed by atoms with Gasteiger partial charge < -0.3 is 10.5 Å². The zero-order chi connectivity index (χ0) is 14.5.